The van der Waals surface area contributed by atoms with Crippen LogP contribution in [0.2, 0.25) is 0 Å². The Labute approximate surface area is 95.9 Å². The predicted octanol–water partition coefficient (Wildman–Crippen LogP) is 1.97. The summed E-state index contributed by atoms with van der Waals surface area (Å²) < 4.78 is 0. The first kappa shape index (κ1) is 12.6. The van der Waals surface area contributed by atoms with Crippen LogP contribution in [-0.4, -0.2) is 23.2 Å². The van der Waals surface area contributed by atoms with E-state index in [1.165, 1.54) is 11.1 Å². The zero-order valence-electron chi connectivity index (χ0n) is 9.15. The first-order valence-corrected chi connectivity index (χ1v) is 6.46. The second-order valence-corrected chi connectivity index (χ2v) is 4.65. The molecule has 0 aliphatic carbocycles. The third kappa shape index (κ3) is 4.24. The highest BCUT2D eigenvalue weighted by atomic mass is 32.2. The first-order chi connectivity index (χ1) is 7.27. The van der Waals surface area contributed by atoms with Crippen molar-refractivity contribution in [3.8, 4) is 0 Å². The van der Waals surface area contributed by atoms with Crippen LogP contribution in [0.4, 0.5) is 0 Å². The molecule has 0 amide bonds. The van der Waals surface area contributed by atoms with Crippen molar-refractivity contribution in [3.63, 3.8) is 0 Å². The largest absolute Gasteiger partial charge is 0.396 e. The third-order valence-electron chi connectivity index (χ3n) is 2.35. The smallest absolute Gasteiger partial charge is 0.0521 e. The van der Waals surface area contributed by atoms with Gasteiger partial charge in [-0.25, -0.2) is 0 Å². The fourth-order valence-corrected chi connectivity index (χ4v) is 2.11. The summed E-state index contributed by atoms with van der Waals surface area (Å²) in [5.41, 5.74) is 8.54. The monoisotopic (exact) mass is 225 g/mol. The molecule has 1 unspecified atom stereocenters. The Hall–Kier alpha value is -0.510. The number of aryl methyl sites for hydroxylation is 1. The number of thioether (sulfide) groups is 1. The number of aliphatic hydroxyl groups excluding tert-OH is 1. The molecule has 1 atom stereocenters. The van der Waals surface area contributed by atoms with Gasteiger partial charge in [0.2, 0.25) is 0 Å². The van der Waals surface area contributed by atoms with Crippen molar-refractivity contribution in [1.29, 1.82) is 0 Å². The minimum atomic E-state index is 0.0763. The fraction of sp³-hybridized carbons (Fsp3) is 0.500. The molecule has 15 heavy (non-hydrogen) atoms. The van der Waals surface area contributed by atoms with Crippen LogP contribution >= 0.6 is 11.8 Å². The van der Waals surface area contributed by atoms with Gasteiger partial charge in [0, 0.05) is 17.5 Å². The van der Waals surface area contributed by atoms with E-state index >= 15 is 0 Å². The Morgan fingerprint density at radius 2 is 2.00 bits per heavy atom. The van der Waals surface area contributed by atoms with E-state index in [0.717, 1.165) is 17.9 Å². The standard InChI is InChI=1S/C12H19NOS/c1-2-10-3-5-11(6-4-10)12(13)9-15-8-7-14/h3-6,12,14H,2,7-9,13H2,1H3. The maximum atomic E-state index is 8.66. The van der Waals surface area contributed by atoms with Gasteiger partial charge in [0.15, 0.2) is 0 Å². The van der Waals surface area contributed by atoms with Crippen molar-refractivity contribution in [2.75, 3.05) is 18.1 Å². The van der Waals surface area contributed by atoms with Gasteiger partial charge in [-0.05, 0) is 17.5 Å². The Balaban J connectivity index is 2.46. The molecular formula is C12H19NOS. The highest BCUT2D eigenvalue weighted by Gasteiger charge is 2.05. The number of hydrogen-bond donors (Lipinski definition) is 2. The number of benzene rings is 1. The van der Waals surface area contributed by atoms with Crippen LogP contribution in [0.3, 0.4) is 0 Å². The van der Waals surface area contributed by atoms with Crippen molar-refractivity contribution in [3.05, 3.63) is 35.4 Å². The lowest BCUT2D eigenvalue weighted by atomic mass is 10.1. The molecule has 0 aliphatic heterocycles. The molecule has 0 radical (unpaired) electrons. The summed E-state index contributed by atoms with van der Waals surface area (Å²) in [7, 11) is 0. The van der Waals surface area contributed by atoms with Crippen LogP contribution in [0.1, 0.15) is 24.1 Å². The van der Waals surface area contributed by atoms with E-state index < -0.39 is 0 Å². The van der Waals surface area contributed by atoms with Crippen LogP contribution in [-0.2, 0) is 6.42 Å². The van der Waals surface area contributed by atoms with Gasteiger partial charge in [-0.2, -0.15) is 11.8 Å². The topological polar surface area (TPSA) is 46.2 Å². The van der Waals surface area contributed by atoms with Crippen molar-refractivity contribution >= 4 is 11.8 Å². The average molecular weight is 225 g/mol. The summed E-state index contributed by atoms with van der Waals surface area (Å²) in [6.07, 6.45) is 1.06. The van der Waals surface area contributed by atoms with Crippen molar-refractivity contribution < 1.29 is 5.11 Å². The SMILES string of the molecule is CCc1ccc(C(N)CSCCO)cc1. The van der Waals surface area contributed by atoms with Gasteiger partial charge in [0.25, 0.3) is 0 Å². The van der Waals surface area contributed by atoms with E-state index in [9.17, 15) is 0 Å². The first-order valence-electron chi connectivity index (χ1n) is 5.31. The van der Waals surface area contributed by atoms with Crippen molar-refractivity contribution in [1.82, 2.24) is 0 Å². The van der Waals surface area contributed by atoms with E-state index in [1.54, 1.807) is 11.8 Å². The molecule has 2 nitrogen and oxygen atoms in total. The molecule has 1 aromatic rings. The highest BCUT2D eigenvalue weighted by molar-refractivity contribution is 7.99. The van der Waals surface area contributed by atoms with E-state index in [2.05, 4.69) is 31.2 Å². The van der Waals surface area contributed by atoms with E-state index in [-0.39, 0.29) is 12.6 Å². The fourth-order valence-electron chi connectivity index (χ4n) is 1.37. The normalized spacial score (nSPS) is 12.7. The Bertz CT molecular complexity index is 273. The molecule has 0 aliphatic rings. The lowest BCUT2D eigenvalue weighted by Crippen LogP contribution is -2.13. The number of rotatable bonds is 6. The molecule has 0 spiro atoms. The van der Waals surface area contributed by atoms with Gasteiger partial charge in [-0.3, -0.25) is 0 Å². The Morgan fingerprint density at radius 1 is 1.33 bits per heavy atom. The Morgan fingerprint density at radius 3 is 2.53 bits per heavy atom. The lowest BCUT2D eigenvalue weighted by molar-refractivity contribution is 0.322. The van der Waals surface area contributed by atoms with Gasteiger partial charge in [-0.1, -0.05) is 31.2 Å². The summed E-state index contributed by atoms with van der Waals surface area (Å²) in [5, 5.41) is 8.66. The van der Waals surface area contributed by atoms with E-state index in [1.807, 2.05) is 0 Å². The molecule has 84 valence electrons. The van der Waals surface area contributed by atoms with E-state index in [4.69, 9.17) is 10.8 Å². The van der Waals surface area contributed by atoms with Gasteiger partial charge in [-0.15, -0.1) is 0 Å². The van der Waals surface area contributed by atoms with E-state index in [0.29, 0.717) is 0 Å². The van der Waals surface area contributed by atoms with Gasteiger partial charge in [0.05, 0.1) is 6.61 Å². The van der Waals surface area contributed by atoms with Crippen LogP contribution < -0.4 is 5.73 Å². The minimum Gasteiger partial charge on any atom is -0.396 e. The molecule has 0 bridgehead atoms. The minimum absolute atomic E-state index is 0.0763. The number of nitrogens with two attached hydrogens (primary N) is 1. The van der Waals surface area contributed by atoms with Crippen molar-refractivity contribution in [2.45, 2.75) is 19.4 Å². The number of aliphatic hydroxyl groups is 1. The summed E-state index contributed by atoms with van der Waals surface area (Å²) in [4.78, 5) is 0. The molecule has 0 fully saturated rings. The number of hydrogen-bond acceptors (Lipinski definition) is 3. The molecule has 3 heteroatoms. The van der Waals surface area contributed by atoms with Crippen LogP contribution in [0, 0.1) is 0 Å². The maximum Gasteiger partial charge on any atom is 0.0521 e. The van der Waals surface area contributed by atoms with Gasteiger partial charge in [0.1, 0.15) is 0 Å². The second kappa shape index (κ2) is 6.88. The highest BCUT2D eigenvalue weighted by Crippen LogP contribution is 2.16. The molecule has 3 N–H and O–H groups in total. The summed E-state index contributed by atoms with van der Waals surface area (Å²) >= 11 is 1.69. The second-order valence-electron chi connectivity index (χ2n) is 3.50. The van der Waals surface area contributed by atoms with Crippen LogP contribution in [0.25, 0.3) is 0 Å². The average Bonchev–Trinajstić information content (AvgIpc) is 2.29. The molecule has 0 aromatic heterocycles. The molecular weight excluding hydrogens is 206 g/mol. The lowest BCUT2D eigenvalue weighted by Gasteiger charge is -2.11. The van der Waals surface area contributed by atoms with Gasteiger partial charge < -0.3 is 10.8 Å². The van der Waals surface area contributed by atoms with Gasteiger partial charge >= 0.3 is 0 Å². The van der Waals surface area contributed by atoms with Crippen molar-refractivity contribution in [2.24, 2.45) is 5.73 Å². The zero-order valence-corrected chi connectivity index (χ0v) is 9.96. The van der Waals surface area contributed by atoms with Crippen LogP contribution in [0.15, 0.2) is 24.3 Å². The Kier molecular flexibility index (Phi) is 5.76. The maximum absolute atomic E-state index is 8.66. The molecule has 0 saturated heterocycles. The predicted molar refractivity (Wildman–Crippen MR) is 67.2 cm³/mol. The third-order valence-corrected chi connectivity index (χ3v) is 3.42. The summed E-state index contributed by atoms with van der Waals surface area (Å²) in [6.45, 7) is 2.37. The quantitative estimate of drug-likeness (QED) is 0.728. The summed E-state index contributed by atoms with van der Waals surface area (Å²) in [5.74, 6) is 1.63. The molecule has 0 saturated carbocycles. The molecule has 0 heterocycles. The molecule has 1 rings (SSSR count). The summed E-state index contributed by atoms with van der Waals surface area (Å²) in [6, 6.07) is 8.54. The zero-order chi connectivity index (χ0) is 11.1. The van der Waals surface area contributed by atoms with Crippen LogP contribution in [0.5, 0.6) is 0 Å². The molecule has 1 aromatic carbocycles.